The quantitative estimate of drug-likeness (QED) is 0.534. The SMILES string of the molecule is C/C(=N/NC(=O)c1cccc([N+](=O)[O-])c1)c1cccc(C)c1. The Hall–Kier alpha value is -3.02. The number of benzene rings is 2. The number of aryl methyl sites for hydroxylation is 1. The first-order chi connectivity index (χ1) is 10.5. The molecule has 0 heterocycles. The summed E-state index contributed by atoms with van der Waals surface area (Å²) in [5.74, 6) is -0.490. The van der Waals surface area contributed by atoms with Crippen molar-refractivity contribution in [3.63, 3.8) is 0 Å². The van der Waals surface area contributed by atoms with E-state index in [2.05, 4.69) is 10.5 Å². The third-order valence-electron chi connectivity index (χ3n) is 3.08. The molecule has 0 spiro atoms. The number of rotatable bonds is 4. The smallest absolute Gasteiger partial charge is 0.267 e. The molecule has 112 valence electrons. The summed E-state index contributed by atoms with van der Waals surface area (Å²) < 4.78 is 0. The first kappa shape index (κ1) is 15.4. The summed E-state index contributed by atoms with van der Waals surface area (Å²) in [7, 11) is 0. The number of non-ortho nitro benzene ring substituents is 1. The maximum absolute atomic E-state index is 12.0. The van der Waals surface area contributed by atoms with Crippen LogP contribution in [0.4, 0.5) is 5.69 Å². The highest BCUT2D eigenvalue weighted by Crippen LogP contribution is 2.13. The van der Waals surface area contributed by atoms with E-state index < -0.39 is 10.8 Å². The maximum Gasteiger partial charge on any atom is 0.271 e. The first-order valence-electron chi connectivity index (χ1n) is 6.63. The van der Waals surface area contributed by atoms with Crippen molar-refractivity contribution >= 4 is 17.3 Å². The summed E-state index contributed by atoms with van der Waals surface area (Å²) in [5, 5.41) is 14.7. The van der Waals surface area contributed by atoms with E-state index in [0.29, 0.717) is 5.71 Å². The molecule has 0 radical (unpaired) electrons. The van der Waals surface area contributed by atoms with Gasteiger partial charge in [0.25, 0.3) is 11.6 Å². The van der Waals surface area contributed by atoms with Crippen LogP contribution in [0.25, 0.3) is 0 Å². The molecule has 0 fully saturated rings. The summed E-state index contributed by atoms with van der Waals surface area (Å²) in [6, 6.07) is 13.2. The highest BCUT2D eigenvalue weighted by atomic mass is 16.6. The fourth-order valence-corrected chi connectivity index (χ4v) is 1.89. The molecule has 2 aromatic carbocycles. The third kappa shape index (κ3) is 3.76. The highest BCUT2D eigenvalue weighted by molar-refractivity contribution is 6.01. The van der Waals surface area contributed by atoms with Crippen LogP contribution in [0.3, 0.4) is 0 Å². The van der Waals surface area contributed by atoms with Crippen molar-refractivity contribution < 1.29 is 9.72 Å². The zero-order chi connectivity index (χ0) is 16.1. The van der Waals surface area contributed by atoms with E-state index in [1.807, 2.05) is 31.2 Å². The van der Waals surface area contributed by atoms with Crippen molar-refractivity contribution in [1.82, 2.24) is 5.43 Å². The Labute approximate surface area is 127 Å². The Balaban J connectivity index is 2.13. The molecule has 2 rings (SSSR count). The predicted molar refractivity (Wildman–Crippen MR) is 84.0 cm³/mol. The van der Waals surface area contributed by atoms with Crippen molar-refractivity contribution in [3.8, 4) is 0 Å². The van der Waals surface area contributed by atoms with Crippen LogP contribution in [0.1, 0.15) is 28.4 Å². The minimum atomic E-state index is -0.544. The summed E-state index contributed by atoms with van der Waals surface area (Å²) >= 11 is 0. The van der Waals surface area contributed by atoms with E-state index in [-0.39, 0.29) is 11.3 Å². The van der Waals surface area contributed by atoms with Gasteiger partial charge in [0.05, 0.1) is 10.6 Å². The Morgan fingerprint density at radius 3 is 2.50 bits per heavy atom. The minimum absolute atomic E-state index is 0.132. The van der Waals surface area contributed by atoms with Gasteiger partial charge in [0.15, 0.2) is 0 Å². The molecule has 0 aliphatic rings. The summed E-state index contributed by atoms with van der Waals surface area (Å²) in [6.45, 7) is 3.75. The monoisotopic (exact) mass is 297 g/mol. The van der Waals surface area contributed by atoms with Gasteiger partial charge in [-0.05, 0) is 25.5 Å². The van der Waals surface area contributed by atoms with Gasteiger partial charge in [-0.15, -0.1) is 0 Å². The predicted octanol–water partition coefficient (Wildman–Crippen LogP) is 3.06. The summed E-state index contributed by atoms with van der Waals surface area (Å²) in [4.78, 5) is 22.1. The van der Waals surface area contributed by atoms with Crippen LogP contribution in [0, 0.1) is 17.0 Å². The van der Waals surface area contributed by atoms with E-state index in [9.17, 15) is 14.9 Å². The van der Waals surface area contributed by atoms with Crippen LogP contribution < -0.4 is 5.43 Å². The third-order valence-corrected chi connectivity index (χ3v) is 3.08. The molecular formula is C16H15N3O3. The Morgan fingerprint density at radius 1 is 1.14 bits per heavy atom. The van der Waals surface area contributed by atoms with Gasteiger partial charge in [-0.1, -0.05) is 35.9 Å². The second kappa shape index (κ2) is 6.62. The number of hydrazone groups is 1. The van der Waals surface area contributed by atoms with Gasteiger partial charge < -0.3 is 0 Å². The molecule has 0 unspecified atom stereocenters. The second-order valence-corrected chi connectivity index (χ2v) is 4.82. The molecule has 0 atom stereocenters. The Bertz CT molecular complexity index is 754. The molecule has 0 aromatic heterocycles. The van der Waals surface area contributed by atoms with Crippen LogP contribution >= 0.6 is 0 Å². The number of nitro groups is 1. The average Bonchev–Trinajstić information content (AvgIpc) is 2.52. The van der Waals surface area contributed by atoms with Crippen molar-refractivity contribution in [2.75, 3.05) is 0 Å². The van der Waals surface area contributed by atoms with Gasteiger partial charge in [-0.3, -0.25) is 14.9 Å². The van der Waals surface area contributed by atoms with E-state index >= 15 is 0 Å². The van der Waals surface area contributed by atoms with E-state index in [4.69, 9.17) is 0 Å². The largest absolute Gasteiger partial charge is 0.271 e. The lowest BCUT2D eigenvalue weighted by Crippen LogP contribution is -2.19. The number of hydrogen-bond donors (Lipinski definition) is 1. The van der Waals surface area contributed by atoms with Gasteiger partial charge in [0.1, 0.15) is 0 Å². The van der Waals surface area contributed by atoms with E-state index in [1.54, 1.807) is 6.92 Å². The molecule has 22 heavy (non-hydrogen) atoms. The topological polar surface area (TPSA) is 84.6 Å². The number of amides is 1. The molecule has 0 aliphatic heterocycles. The number of carbonyl (C=O) groups excluding carboxylic acids is 1. The van der Waals surface area contributed by atoms with Gasteiger partial charge in [-0.25, -0.2) is 5.43 Å². The molecular weight excluding hydrogens is 282 g/mol. The van der Waals surface area contributed by atoms with Gasteiger partial charge in [-0.2, -0.15) is 5.10 Å². The van der Waals surface area contributed by atoms with E-state index in [0.717, 1.165) is 11.1 Å². The zero-order valence-electron chi connectivity index (χ0n) is 12.2. The highest BCUT2D eigenvalue weighted by Gasteiger charge is 2.11. The number of nitrogens with zero attached hydrogens (tertiary/aromatic N) is 2. The number of hydrogen-bond acceptors (Lipinski definition) is 4. The average molecular weight is 297 g/mol. The summed E-state index contributed by atoms with van der Waals surface area (Å²) in [5.41, 5.74) is 5.12. The van der Waals surface area contributed by atoms with Crippen molar-refractivity contribution in [3.05, 3.63) is 75.3 Å². The second-order valence-electron chi connectivity index (χ2n) is 4.82. The molecule has 1 N–H and O–H groups in total. The standard InChI is InChI=1S/C16H15N3O3/c1-11-5-3-6-13(9-11)12(2)17-18-16(20)14-7-4-8-15(10-14)19(21)22/h3-10H,1-2H3,(H,18,20)/b17-12-. The van der Waals surface area contributed by atoms with Crippen LogP contribution in [0.5, 0.6) is 0 Å². The number of nitrogens with one attached hydrogen (secondary N) is 1. The lowest BCUT2D eigenvalue weighted by Gasteiger charge is -2.04. The zero-order valence-corrected chi connectivity index (χ0v) is 12.2. The number of nitro benzene ring substituents is 1. The molecule has 1 amide bonds. The van der Waals surface area contributed by atoms with Gasteiger partial charge in [0.2, 0.25) is 0 Å². The van der Waals surface area contributed by atoms with Crippen molar-refractivity contribution in [2.24, 2.45) is 5.10 Å². The van der Waals surface area contributed by atoms with Gasteiger partial charge >= 0.3 is 0 Å². The van der Waals surface area contributed by atoms with E-state index in [1.165, 1.54) is 24.3 Å². The fourth-order valence-electron chi connectivity index (χ4n) is 1.89. The van der Waals surface area contributed by atoms with Crippen LogP contribution in [0.15, 0.2) is 53.6 Å². The molecule has 0 aliphatic carbocycles. The number of carbonyl (C=O) groups is 1. The molecule has 0 saturated heterocycles. The summed E-state index contributed by atoms with van der Waals surface area (Å²) in [6.07, 6.45) is 0. The Kier molecular flexibility index (Phi) is 4.63. The first-order valence-corrected chi connectivity index (χ1v) is 6.63. The molecule has 0 bridgehead atoms. The fraction of sp³-hybridized carbons (Fsp3) is 0.125. The van der Waals surface area contributed by atoms with Crippen LogP contribution in [-0.2, 0) is 0 Å². The minimum Gasteiger partial charge on any atom is -0.267 e. The molecule has 6 heteroatoms. The van der Waals surface area contributed by atoms with Crippen molar-refractivity contribution in [1.29, 1.82) is 0 Å². The molecule has 6 nitrogen and oxygen atoms in total. The Morgan fingerprint density at radius 2 is 1.82 bits per heavy atom. The lowest BCUT2D eigenvalue weighted by atomic mass is 10.1. The van der Waals surface area contributed by atoms with Crippen LogP contribution in [0.2, 0.25) is 0 Å². The van der Waals surface area contributed by atoms with Crippen molar-refractivity contribution in [2.45, 2.75) is 13.8 Å². The van der Waals surface area contributed by atoms with Gasteiger partial charge in [0, 0.05) is 17.7 Å². The molecule has 2 aromatic rings. The normalized spacial score (nSPS) is 11.1. The van der Waals surface area contributed by atoms with Crippen LogP contribution in [-0.4, -0.2) is 16.5 Å². The lowest BCUT2D eigenvalue weighted by molar-refractivity contribution is -0.384. The molecule has 0 saturated carbocycles. The maximum atomic E-state index is 12.0.